The molecule has 17 heavy (non-hydrogen) atoms. The average Bonchev–Trinajstić information content (AvgIpc) is 2.67. The molecule has 0 aliphatic heterocycles. The highest BCUT2D eigenvalue weighted by molar-refractivity contribution is 7.99. The number of rotatable bonds is 3. The highest BCUT2D eigenvalue weighted by Gasteiger charge is 2.11. The third-order valence-corrected chi connectivity index (χ3v) is 3.15. The van der Waals surface area contributed by atoms with Crippen molar-refractivity contribution in [1.29, 1.82) is 0 Å². The minimum Gasteiger partial charge on any atom is -0.478 e. The average molecular weight is 253 g/mol. The molecule has 0 radical (unpaired) electrons. The van der Waals surface area contributed by atoms with E-state index in [9.17, 15) is 9.18 Å². The van der Waals surface area contributed by atoms with Crippen LogP contribution < -0.4 is 0 Å². The van der Waals surface area contributed by atoms with Crippen LogP contribution in [0.2, 0.25) is 0 Å². The Kier molecular flexibility index (Phi) is 3.10. The molecule has 0 atom stereocenters. The standard InChI is InChI=1S/C10H8FN3O2S/c1-14-5-12-13-10(14)17-8-3-2-6(9(15)16)4-7(8)11/h2-5H,1H3,(H,15,16). The second-order valence-electron chi connectivity index (χ2n) is 3.28. The Labute approximate surface area is 100 Å². The smallest absolute Gasteiger partial charge is 0.335 e. The van der Waals surface area contributed by atoms with Gasteiger partial charge in [0.2, 0.25) is 0 Å². The maximum absolute atomic E-state index is 13.6. The first-order valence-electron chi connectivity index (χ1n) is 4.62. The molecular formula is C10H8FN3O2S. The molecule has 0 aliphatic carbocycles. The van der Waals surface area contributed by atoms with Gasteiger partial charge in [-0.05, 0) is 30.0 Å². The first-order chi connectivity index (χ1) is 8.08. The van der Waals surface area contributed by atoms with Gasteiger partial charge in [-0.3, -0.25) is 0 Å². The topological polar surface area (TPSA) is 68.0 Å². The lowest BCUT2D eigenvalue weighted by Gasteiger charge is -2.03. The predicted molar refractivity (Wildman–Crippen MR) is 58.5 cm³/mol. The summed E-state index contributed by atoms with van der Waals surface area (Å²) < 4.78 is 15.2. The van der Waals surface area contributed by atoms with Crippen LogP contribution in [0, 0.1) is 5.82 Å². The third-order valence-electron chi connectivity index (χ3n) is 2.05. The van der Waals surface area contributed by atoms with Gasteiger partial charge in [0, 0.05) is 7.05 Å². The van der Waals surface area contributed by atoms with Crippen LogP contribution in [0.25, 0.3) is 0 Å². The van der Waals surface area contributed by atoms with Crippen molar-refractivity contribution in [2.45, 2.75) is 10.1 Å². The Balaban J connectivity index is 2.29. The van der Waals surface area contributed by atoms with Crippen LogP contribution in [0.4, 0.5) is 4.39 Å². The van der Waals surface area contributed by atoms with E-state index in [2.05, 4.69) is 10.2 Å². The molecule has 0 saturated heterocycles. The van der Waals surface area contributed by atoms with Gasteiger partial charge in [0.15, 0.2) is 5.16 Å². The molecule has 7 heteroatoms. The summed E-state index contributed by atoms with van der Waals surface area (Å²) in [5, 5.41) is 16.7. The number of aromatic nitrogens is 3. The molecule has 0 aliphatic rings. The Morgan fingerprint density at radius 1 is 1.53 bits per heavy atom. The van der Waals surface area contributed by atoms with Crippen molar-refractivity contribution >= 4 is 17.7 Å². The van der Waals surface area contributed by atoms with Crippen molar-refractivity contribution in [3.05, 3.63) is 35.9 Å². The van der Waals surface area contributed by atoms with Gasteiger partial charge in [0.1, 0.15) is 12.1 Å². The largest absolute Gasteiger partial charge is 0.478 e. The molecule has 2 aromatic rings. The van der Waals surface area contributed by atoms with Gasteiger partial charge in [0.25, 0.3) is 0 Å². The second-order valence-corrected chi connectivity index (χ2v) is 4.29. The summed E-state index contributed by atoms with van der Waals surface area (Å²) in [6.07, 6.45) is 1.51. The number of halogens is 1. The summed E-state index contributed by atoms with van der Waals surface area (Å²) in [7, 11) is 1.74. The number of hydrogen-bond donors (Lipinski definition) is 1. The van der Waals surface area contributed by atoms with E-state index in [0.29, 0.717) is 10.1 Å². The maximum atomic E-state index is 13.6. The Morgan fingerprint density at radius 2 is 2.29 bits per heavy atom. The Hall–Kier alpha value is -1.89. The molecule has 0 spiro atoms. The van der Waals surface area contributed by atoms with Crippen LogP contribution in [0.3, 0.4) is 0 Å². The van der Waals surface area contributed by atoms with E-state index in [1.54, 1.807) is 11.6 Å². The highest BCUT2D eigenvalue weighted by Crippen LogP contribution is 2.28. The first kappa shape index (κ1) is 11.6. The van der Waals surface area contributed by atoms with Crippen molar-refractivity contribution in [3.63, 3.8) is 0 Å². The lowest BCUT2D eigenvalue weighted by Crippen LogP contribution is -1.97. The molecule has 0 saturated carbocycles. The van der Waals surface area contributed by atoms with E-state index in [1.165, 1.54) is 18.5 Å². The summed E-state index contributed by atoms with van der Waals surface area (Å²) in [5.74, 6) is -1.74. The van der Waals surface area contributed by atoms with Crippen molar-refractivity contribution in [2.24, 2.45) is 7.05 Å². The van der Waals surface area contributed by atoms with E-state index >= 15 is 0 Å². The summed E-state index contributed by atoms with van der Waals surface area (Å²) >= 11 is 1.09. The minimum absolute atomic E-state index is 0.0789. The fourth-order valence-electron chi connectivity index (χ4n) is 1.18. The van der Waals surface area contributed by atoms with Crippen molar-refractivity contribution in [3.8, 4) is 0 Å². The quantitative estimate of drug-likeness (QED) is 0.903. The molecule has 88 valence electrons. The number of benzene rings is 1. The number of carboxylic acid groups (broad SMARTS) is 1. The van der Waals surface area contributed by atoms with E-state index in [0.717, 1.165) is 17.8 Å². The lowest BCUT2D eigenvalue weighted by molar-refractivity contribution is 0.0696. The number of carbonyl (C=O) groups is 1. The van der Waals surface area contributed by atoms with Gasteiger partial charge in [-0.1, -0.05) is 0 Å². The predicted octanol–water partition coefficient (Wildman–Crippen LogP) is 1.80. The summed E-state index contributed by atoms with van der Waals surface area (Å²) in [5.41, 5.74) is -0.0789. The molecule has 5 nitrogen and oxygen atoms in total. The molecule has 1 heterocycles. The molecule has 0 bridgehead atoms. The van der Waals surface area contributed by atoms with Crippen LogP contribution in [-0.2, 0) is 7.05 Å². The Morgan fingerprint density at radius 3 is 2.82 bits per heavy atom. The fraction of sp³-hybridized carbons (Fsp3) is 0.100. The van der Waals surface area contributed by atoms with Crippen LogP contribution in [0.5, 0.6) is 0 Å². The first-order valence-corrected chi connectivity index (χ1v) is 5.44. The normalized spacial score (nSPS) is 10.5. The van der Waals surface area contributed by atoms with Crippen LogP contribution >= 0.6 is 11.8 Å². The lowest BCUT2D eigenvalue weighted by atomic mass is 10.2. The summed E-state index contributed by atoms with van der Waals surface area (Å²) in [6, 6.07) is 3.75. The molecule has 0 amide bonds. The van der Waals surface area contributed by atoms with Gasteiger partial charge in [-0.25, -0.2) is 9.18 Å². The van der Waals surface area contributed by atoms with Gasteiger partial charge >= 0.3 is 5.97 Å². The summed E-state index contributed by atoms with van der Waals surface area (Å²) in [6.45, 7) is 0. The summed E-state index contributed by atoms with van der Waals surface area (Å²) in [4.78, 5) is 10.9. The van der Waals surface area contributed by atoms with Gasteiger partial charge in [0.05, 0.1) is 10.5 Å². The molecular weight excluding hydrogens is 245 g/mol. The minimum atomic E-state index is -1.15. The Bertz CT molecular complexity index is 570. The number of aromatic carboxylic acids is 1. The monoisotopic (exact) mass is 253 g/mol. The van der Waals surface area contributed by atoms with Crippen molar-refractivity contribution in [2.75, 3.05) is 0 Å². The number of aryl methyl sites for hydroxylation is 1. The molecule has 1 N–H and O–H groups in total. The highest BCUT2D eigenvalue weighted by atomic mass is 32.2. The van der Waals surface area contributed by atoms with E-state index in [4.69, 9.17) is 5.11 Å². The SMILES string of the molecule is Cn1cnnc1Sc1ccc(C(=O)O)cc1F. The molecule has 1 aromatic heterocycles. The number of hydrogen-bond acceptors (Lipinski definition) is 4. The van der Waals surface area contributed by atoms with E-state index < -0.39 is 11.8 Å². The molecule has 0 unspecified atom stereocenters. The van der Waals surface area contributed by atoms with Gasteiger partial charge < -0.3 is 9.67 Å². The van der Waals surface area contributed by atoms with Gasteiger partial charge in [-0.2, -0.15) is 0 Å². The fourth-order valence-corrected chi connectivity index (χ4v) is 1.95. The third kappa shape index (κ3) is 2.44. The van der Waals surface area contributed by atoms with Crippen LogP contribution in [-0.4, -0.2) is 25.8 Å². The number of carboxylic acids is 1. The van der Waals surface area contributed by atoms with E-state index in [-0.39, 0.29) is 5.56 Å². The van der Waals surface area contributed by atoms with Crippen LogP contribution in [0.15, 0.2) is 34.6 Å². The zero-order valence-corrected chi connectivity index (χ0v) is 9.61. The van der Waals surface area contributed by atoms with Crippen LogP contribution in [0.1, 0.15) is 10.4 Å². The number of nitrogens with zero attached hydrogens (tertiary/aromatic N) is 3. The van der Waals surface area contributed by atoms with E-state index in [1.807, 2.05) is 0 Å². The van der Waals surface area contributed by atoms with Gasteiger partial charge in [-0.15, -0.1) is 10.2 Å². The zero-order chi connectivity index (χ0) is 12.4. The molecule has 0 fully saturated rings. The molecule has 2 rings (SSSR count). The zero-order valence-electron chi connectivity index (χ0n) is 8.79. The maximum Gasteiger partial charge on any atom is 0.335 e. The van der Waals surface area contributed by atoms with Crippen molar-refractivity contribution in [1.82, 2.24) is 14.8 Å². The molecule has 1 aromatic carbocycles. The second kappa shape index (κ2) is 4.54. The van der Waals surface area contributed by atoms with Crippen molar-refractivity contribution < 1.29 is 14.3 Å².